The van der Waals surface area contributed by atoms with Crippen molar-refractivity contribution in [2.75, 3.05) is 33.4 Å². The van der Waals surface area contributed by atoms with Crippen LogP contribution in [0.4, 0.5) is 0 Å². The number of hydrogen-bond acceptors (Lipinski definition) is 7. The first-order chi connectivity index (χ1) is 15.7. The summed E-state index contributed by atoms with van der Waals surface area (Å²) >= 11 is 0. The number of hydroxylamine groups is 1. The van der Waals surface area contributed by atoms with Gasteiger partial charge in [0.15, 0.2) is 14.6 Å². The van der Waals surface area contributed by atoms with Crippen molar-refractivity contribution >= 4 is 28.2 Å². The van der Waals surface area contributed by atoms with Crippen molar-refractivity contribution < 1.29 is 27.9 Å². The van der Waals surface area contributed by atoms with Crippen molar-refractivity contribution in [3.05, 3.63) is 54.1 Å². The predicted molar refractivity (Wildman–Crippen MR) is 132 cm³/mol. The van der Waals surface area contributed by atoms with Gasteiger partial charge in [0, 0.05) is 26.7 Å². The second-order valence-electron chi connectivity index (χ2n) is 8.57. The molecule has 0 atom stereocenters. The van der Waals surface area contributed by atoms with Crippen molar-refractivity contribution in [1.29, 1.82) is 0 Å². The van der Waals surface area contributed by atoms with E-state index >= 15 is 0 Å². The summed E-state index contributed by atoms with van der Waals surface area (Å²) in [6.07, 6.45) is 0.151. The Hall–Kier alpha value is -2.17. The van der Waals surface area contributed by atoms with Crippen LogP contribution in [0, 0.1) is 0 Å². The SMILES string of the molecule is COCCN1CCC(C(=O)NO)(S(=O)(=O)c2ccc(Oc3ccc(C(C)C)cc3)cc2)CC1.Cl. The first-order valence-corrected chi connectivity index (χ1v) is 12.5. The summed E-state index contributed by atoms with van der Waals surface area (Å²) in [5.41, 5.74) is 2.78. The van der Waals surface area contributed by atoms with Crippen molar-refractivity contribution in [1.82, 2.24) is 10.4 Å². The zero-order valence-electron chi connectivity index (χ0n) is 19.7. The molecule has 1 amide bonds. The zero-order valence-corrected chi connectivity index (χ0v) is 21.3. The summed E-state index contributed by atoms with van der Waals surface area (Å²) < 4.78 is 36.3. The van der Waals surface area contributed by atoms with Crippen LogP contribution in [0.2, 0.25) is 0 Å². The fourth-order valence-corrected chi connectivity index (χ4v) is 6.00. The third-order valence-electron chi connectivity index (χ3n) is 6.22. The van der Waals surface area contributed by atoms with Crippen LogP contribution >= 0.6 is 12.4 Å². The van der Waals surface area contributed by atoms with Crippen LogP contribution in [0.1, 0.15) is 38.2 Å². The Bertz CT molecular complexity index is 1030. The minimum absolute atomic E-state index is 0. The number of likely N-dealkylation sites (tertiary alicyclic amines) is 1. The number of nitrogens with zero attached hydrogens (tertiary/aromatic N) is 1. The normalized spacial score (nSPS) is 16.0. The lowest BCUT2D eigenvalue weighted by atomic mass is 9.95. The van der Waals surface area contributed by atoms with E-state index in [0.717, 1.165) is 0 Å². The van der Waals surface area contributed by atoms with Crippen molar-refractivity contribution in [2.24, 2.45) is 0 Å². The highest BCUT2D eigenvalue weighted by Crippen LogP contribution is 2.37. The molecule has 1 heterocycles. The van der Waals surface area contributed by atoms with Gasteiger partial charge in [-0.3, -0.25) is 10.0 Å². The number of methoxy groups -OCH3 is 1. The van der Waals surface area contributed by atoms with Gasteiger partial charge in [0.2, 0.25) is 0 Å². The van der Waals surface area contributed by atoms with Gasteiger partial charge in [-0.2, -0.15) is 0 Å². The molecule has 0 bridgehead atoms. The summed E-state index contributed by atoms with van der Waals surface area (Å²) in [6.45, 7) is 6.21. The first-order valence-electron chi connectivity index (χ1n) is 11.0. The molecule has 0 unspecified atom stereocenters. The number of amides is 1. The van der Waals surface area contributed by atoms with Crippen LogP contribution < -0.4 is 10.2 Å². The van der Waals surface area contributed by atoms with E-state index in [-0.39, 0.29) is 30.1 Å². The highest BCUT2D eigenvalue weighted by molar-refractivity contribution is 7.93. The molecular formula is C24H33ClN2O6S. The fraction of sp³-hybridized carbons (Fsp3) is 0.458. The van der Waals surface area contributed by atoms with E-state index in [1.165, 1.54) is 17.7 Å². The topological polar surface area (TPSA) is 105 Å². The molecule has 10 heteroatoms. The molecule has 1 aliphatic heterocycles. The maximum Gasteiger partial charge on any atom is 0.265 e. The second-order valence-corrected chi connectivity index (χ2v) is 10.8. The molecule has 8 nitrogen and oxygen atoms in total. The van der Waals surface area contributed by atoms with Gasteiger partial charge < -0.3 is 14.4 Å². The van der Waals surface area contributed by atoms with Crippen LogP contribution in [0.15, 0.2) is 53.4 Å². The maximum absolute atomic E-state index is 13.5. The highest BCUT2D eigenvalue weighted by atomic mass is 35.5. The number of sulfone groups is 1. The molecule has 34 heavy (non-hydrogen) atoms. The molecule has 1 saturated heterocycles. The number of benzene rings is 2. The molecule has 0 aliphatic carbocycles. The predicted octanol–water partition coefficient (Wildman–Crippen LogP) is 3.78. The molecule has 1 fully saturated rings. The Morgan fingerprint density at radius 1 is 1.06 bits per heavy atom. The average molecular weight is 513 g/mol. The first kappa shape index (κ1) is 28.1. The summed E-state index contributed by atoms with van der Waals surface area (Å²) in [5.74, 6) is 0.647. The largest absolute Gasteiger partial charge is 0.457 e. The Labute approximate surface area is 207 Å². The van der Waals surface area contributed by atoms with E-state index in [1.54, 1.807) is 24.7 Å². The lowest BCUT2D eigenvalue weighted by Gasteiger charge is -2.39. The lowest BCUT2D eigenvalue weighted by molar-refractivity contribution is -0.133. The standard InChI is InChI=1S/C24H32N2O6S.ClH/c1-18(2)19-4-6-20(7-5-19)32-21-8-10-22(11-9-21)33(29,30)24(23(27)25-28)12-14-26(15-13-24)16-17-31-3;/h4-11,18,28H,12-17H2,1-3H3,(H,25,27);1H. The summed E-state index contributed by atoms with van der Waals surface area (Å²) in [4.78, 5) is 14.7. The van der Waals surface area contributed by atoms with Crippen LogP contribution in [-0.2, 0) is 19.4 Å². The molecule has 0 radical (unpaired) electrons. The van der Waals surface area contributed by atoms with Crippen molar-refractivity contribution in [2.45, 2.75) is 42.2 Å². The molecule has 2 aromatic rings. The maximum atomic E-state index is 13.5. The molecule has 1 aliphatic rings. The average Bonchev–Trinajstić information content (AvgIpc) is 2.83. The van der Waals surface area contributed by atoms with Gasteiger partial charge in [-0.05, 0) is 60.7 Å². The number of rotatable bonds is 9. The van der Waals surface area contributed by atoms with Crippen molar-refractivity contribution in [3.8, 4) is 11.5 Å². The van der Waals surface area contributed by atoms with Gasteiger partial charge in [-0.1, -0.05) is 26.0 Å². The third kappa shape index (κ3) is 5.90. The summed E-state index contributed by atoms with van der Waals surface area (Å²) in [7, 11) is -2.47. The van der Waals surface area contributed by atoms with E-state index in [0.29, 0.717) is 43.7 Å². The van der Waals surface area contributed by atoms with Gasteiger partial charge in [-0.25, -0.2) is 13.9 Å². The van der Waals surface area contributed by atoms with Gasteiger partial charge in [-0.15, -0.1) is 12.4 Å². The lowest BCUT2D eigenvalue weighted by Crippen LogP contribution is -2.57. The number of ether oxygens (including phenoxy) is 2. The van der Waals surface area contributed by atoms with Crippen LogP contribution in [-0.4, -0.2) is 62.5 Å². The van der Waals surface area contributed by atoms with Gasteiger partial charge >= 0.3 is 0 Å². The number of nitrogens with one attached hydrogen (secondary N) is 1. The number of carbonyl (C=O) groups excluding carboxylic acids is 1. The van der Waals surface area contributed by atoms with E-state index in [1.807, 2.05) is 29.2 Å². The molecule has 3 rings (SSSR count). The second kappa shape index (κ2) is 12.0. The fourth-order valence-electron chi connectivity index (χ4n) is 4.05. The highest BCUT2D eigenvalue weighted by Gasteiger charge is 2.52. The zero-order chi connectivity index (χ0) is 24.1. The molecule has 2 N–H and O–H groups in total. The van der Waals surface area contributed by atoms with E-state index in [9.17, 15) is 18.4 Å². The van der Waals surface area contributed by atoms with Crippen LogP contribution in [0.25, 0.3) is 0 Å². The molecule has 0 saturated carbocycles. The molecule has 188 valence electrons. The summed E-state index contributed by atoms with van der Waals surface area (Å²) in [6, 6.07) is 13.8. The number of carbonyl (C=O) groups is 1. The van der Waals surface area contributed by atoms with Gasteiger partial charge in [0.1, 0.15) is 11.5 Å². The number of hydrogen-bond donors (Lipinski definition) is 2. The Balaban J connectivity index is 0.00000408. The van der Waals surface area contributed by atoms with Gasteiger partial charge in [0.25, 0.3) is 5.91 Å². The monoisotopic (exact) mass is 512 g/mol. The van der Waals surface area contributed by atoms with Crippen molar-refractivity contribution in [3.63, 3.8) is 0 Å². The summed E-state index contributed by atoms with van der Waals surface area (Å²) in [5, 5.41) is 9.31. The van der Waals surface area contributed by atoms with Gasteiger partial charge in [0.05, 0.1) is 11.5 Å². The molecule has 0 spiro atoms. The Morgan fingerprint density at radius 3 is 2.06 bits per heavy atom. The number of halogens is 1. The van der Waals surface area contributed by atoms with E-state index < -0.39 is 20.5 Å². The Morgan fingerprint density at radius 2 is 1.59 bits per heavy atom. The minimum atomic E-state index is -4.07. The minimum Gasteiger partial charge on any atom is -0.457 e. The quantitative estimate of drug-likeness (QED) is 0.389. The third-order valence-corrected chi connectivity index (χ3v) is 8.74. The van der Waals surface area contributed by atoms with Crippen LogP contribution in [0.3, 0.4) is 0 Å². The molecular weight excluding hydrogens is 480 g/mol. The van der Waals surface area contributed by atoms with E-state index in [4.69, 9.17) is 9.47 Å². The van der Waals surface area contributed by atoms with Crippen LogP contribution in [0.5, 0.6) is 11.5 Å². The smallest absolute Gasteiger partial charge is 0.265 e. The molecule has 0 aromatic heterocycles. The molecule has 2 aromatic carbocycles. The Kier molecular flexibility index (Phi) is 9.90. The number of piperidine rings is 1. The van der Waals surface area contributed by atoms with E-state index in [2.05, 4.69) is 13.8 Å².